The molecule has 0 bridgehead atoms. The molecule has 1 fully saturated rings. The SMILES string of the molecule is CC[C@H]1C(O)[C@@H](Oc2nn(C(C)C)c(C)c2Cc2ccc(OCc3ccccc3)cc2)[C@H](OCc2ccccc2)[C@@H](OCc2ccccc2)[C@@H]1C. The molecule has 6 atom stereocenters. The fourth-order valence-electron chi connectivity index (χ4n) is 7.30. The molecule has 1 saturated carbocycles. The van der Waals surface area contributed by atoms with Crippen LogP contribution in [0.4, 0.5) is 0 Å². The molecule has 6 rings (SSSR count). The maximum atomic E-state index is 12.1. The number of aliphatic hydroxyl groups excluding tert-OH is 1. The van der Waals surface area contributed by atoms with Gasteiger partial charge in [0, 0.05) is 23.7 Å². The van der Waals surface area contributed by atoms with Gasteiger partial charge in [-0.05, 0) is 67.0 Å². The maximum absolute atomic E-state index is 12.1. The van der Waals surface area contributed by atoms with E-state index in [2.05, 4.69) is 83.1 Å². The summed E-state index contributed by atoms with van der Waals surface area (Å²) in [5, 5.41) is 17.1. The van der Waals surface area contributed by atoms with E-state index in [4.69, 9.17) is 24.0 Å². The van der Waals surface area contributed by atoms with Gasteiger partial charge in [0.25, 0.3) is 0 Å². The zero-order valence-corrected chi connectivity index (χ0v) is 30.5. The highest BCUT2D eigenvalue weighted by Gasteiger charge is 2.51. The molecule has 4 aromatic carbocycles. The van der Waals surface area contributed by atoms with Crippen molar-refractivity contribution in [2.24, 2.45) is 11.8 Å². The lowest BCUT2D eigenvalue weighted by atomic mass is 9.72. The Hall–Kier alpha value is -4.43. The Kier molecular flexibility index (Phi) is 12.3. The van der Waals surface area contributed by atoms with Crippen molar-refractivity contribution in [3.05, 3.63) is 149 Å². The van der Waals surface area contributed by atoms with E-state index >= 15 is 0 Å². The Morgan fingerprint density at radius 2 is 1.22 bits per heavy atom. The van der Waals surface area contributed by atoms with Crippen LogP contribution in [0.3, 0.4) is 0 Å². The largest absolute Gasteiger partial charge is 0.489 e. The highest BCUT2D eigenvalue weighted by Crippen LogP contribution is 2.40. The van der Waals surface area contributed by atoms with Crippen molar-refractivity contribution in [3.63, 3.8) is 0 Å². The molecule has 51 heavy (non-hydrogen) atoms. The first-order valence-corrected chi connectivity index (χ1v) is 18.3. The molecular weight excluding hydrogens is 636 g/mol. The Morgan fingerprint density at radius 3 is 1.75 bits per heavy atom. The Balaban J connectivity index is 1.28. The zero-order valence-electron chi connectivity index (χ0n) is 30.5. The molecule has 1 unspecified atom stereocenters. The number of aromatic nitrogens is 2. The minimum Gasteiger partial charge on any atom is -0.489 e. The van der Waals surface area contributed by atoms with Crippen molar-refractivity contribution in [1.29, 1.82) is 0 Å². The molecular formula is C44H52N2O5. The number of hydrogen-bond donors (Lipinski definition) is 1. The normalized spacial score (nSPS) is 21.9. The summed E-state index contributed by atoms with van der Waals surface area (Å²) in [7, 11) is 0. The fourth-order valence-corrected chi connectivity index (χ4v) is 7.30. The number of rotatable bonds is 15. The first-order chi connectivity index (χ1) is 24.8. The smallest absolute Gasteiger partial charge is 0.237 e. The average molecular weight is 689 g/mol. The topological polar surface area (TPSA) is 75.0 Å². The number of benzene rings is 4. The summed E-state index contributed by atoms with van der Waals surface area (Å²) < 4.78 is 28.5. The lowest BCUT2D eigenvalue weighted by Crippen LogP contribution is -2.61. The van der Waals surface area contributed by atoms with E-state index in [0.717, 1.165) is 45.7 Å². The van der Waals surface area contributed by atoms with Crippen LogP contribution in [0, 0.1) is 18.8 Å². The predicted octanol–water partition coefficient (Wildman–Crippen LogP) is 8.90. The summed E-state index contributed by atoms with van der Waals surface area (Å²) >= 11 is 0. The van der Waals surface area contributed by atoms with E-state index < -0.39 is 18.3 Å². The van der Waals surface area contributed by atoms with E-state index in [-0.39, 0.29) is 24.0 Å². The van der Waals surface area contributed by atoms with Crippen LogP contribution < -0.4 is 9.47 Å². The van der Waals surface area contributed by atoms with Crippen LogP contribution in [0.1, 0.15) is 73.7 Å². The molecule has 7 nitrogen and oxygen atoms in total. The molecule has 0 spiro atoms. The number of aliphatic hydroxyl groups is 1. The van der Waals surface area contributed by atoms with Crippen molar-refractivity contribution in [2.75, 3.05) is 0 Å². The molecule has 0 aliphatic heterocycles. The van der Waals surface area contributed by atoms with Gasteiger partial charge in [-0.2, -0.15) is 0 Å². The third kappa shape index (κ3) is 8.90. The van der Waals surface area contributed by atoms with Gasteiger partial charge in [0.05, 0.1) is 25.4 Å². The third-order valence-corrected chi connectivity index (χ3v) is 10.2. The van der Waals surface area contributed by atoms with E-state index in [9.17, 15) is 5.11 Å². The lowest BCUT2D eigenvalue weighted by molar-refractivity contribution is -0.212. The standard InChI is InChI=1S/C44H52N2O5/c1-6-38-31(4)41(49-28-35-18-12-8-13-19-35)43(50-29-36-20-14-9-15-21-36)42(40(38)47)51-44-39(32(5)46(45-44)30(2)3)26-33-22-24-37(25-23-33)48-27-34-16-10-7-11-17-34/h7-25,30-31,38,40-43,47H,6,26-29H2,1-5H3/t31-,38-,40?,41+,42-,43-/m1/s1. The van der Waals surface area contributed by atoms with Crippen molar-refractivity contribution in [1.82, 2.24) is 9.78 Å². The highest BCUT2D eigenvalue weighted by atomic mass is 16.6. The van der Waals surface area contributed by atoms with Crippen molar-refractivity contribution < 1.29 is 24.1 Å². The van der Waals surface area contributed by atoms with Crippen molar-refractivity contribution in [3.8, 4) is 11.6 Å². The van der Waals surface area contributed by atoms with Crippen LogP contribution in [0.5, 0.6) is 11.6 Å². The quantitative estimate of drug-likeness (QED) is 0.118. The molecule has 0 saturated heterocycles. The molecule has 268 valence electrons. The molecule has 0 amide bonds. The monoisotopic (exact) mass is 688 g/mol. The van der Waals surface area contributed by atoms with Crippen molar-refractivity contribution >= 4 is 0 Å². The summed E-state index contributed by atoms with van der Waals surface area (Å²) in [5.41, 5.74) is 6.41. The van der Waals surface area contributed by atoms with Crippen LogP contribution in [0.15, 0.2) is 115 Å². The van der Waals surface area contributed by atoms with Crippen LogP contribution >= 0.6 is 0 Å². The van der Waals surface area contributed by atoms with Crippen LogP contribution in [0.2, 0.25) is 0 Å². The van der Waals surface area contributed by atoms with Gasteiger partial charge >= 0.3 is 0 Å². The summed E-state index contributed by atoms with van der Waals surface area (Å²) in [4.78, 5) is 0. The summed E-state index contributed by atoms with van der Waals surface area (Å²) in [6, 6.07) is 38.9. The van der Waals surface area contributed by atoms with Gasteiger partial charge in [0.2, 0.25) is 5.88 Å². The molecule has 1 N–H and O–H groups in total. The Morgan fingerprint density at radius 1 is 0.686 bits per heavy atom. The molecule has 7 heteroatoms. The van der Waals surface area contributed by atoms with Gasteiger partial charge in [-0.25, -0.2) is 0 Å². The fraction of sp³-hybridized carbons (Fsp3) is 0.386. The number of ether oxygens (including phenoxy) is 4. The van der Waals surface area contributed by atoms with Crippen molar-refractivity contribution in [2.45, 2.75) is 97.7 Å². The highest BCUT2D eigenvalue weighted by molar-refractivity contribution is 5.38. The van der Waals surface area contributed by atoms with Gasteiger partial charge in [0.15, 0.2) is 6.10 Å². The maximum Gasteiger partial charge on any atom is 0.237 e. The van der Waals surface area contributed by atoms with Gasteiger partial charge in [-0.1, -0.05) is 123 Å². The number of hydrogen-bond acceptors (Lipinski definition) is 6. The molecule has 1 heterocycles. The minimum atomic E-state index is -0.777. The molecule has 5 aromatic rings. The van der Waals surface area contributed by atoms with E-state index in [1.54, 1.807) is 0 Å². The van der Waals surface area contributed by atoms with E-state index in [1.807, 2.05) is 71.4 Å². The summed E-state index contributed by atoms with van der Waals surface area (Å²) in [5.74, 6) is 1.33. The van der Waals surface area contributed by atoms with Crippen LogP contribution in [-0.4, -0.2) is 39.3 Å². The van der Waals surface area contributed by atoms with Crippen LogP contribution in [0.25, 0.3) is 0 Å². The average Bonchev–Trinajstić information content (AvgIpc) is 3.46. The summed E-state index contributed by atoms with van der Waals surface area (Å²) in [6.45, 7) is 12.0. The molecule has 0 radical (unpaired) electrons. The second-order valence-corrected chi connectivity index (χ2v) is 14.0. The number of nitrogens with zero attached hydrogens (tertiary/aromatic N) is 2. The zero-order chi connectivity index (χ0) is 35.7. The van der Waals surface area contributed by atoms with Gasteiger partial charge in [-0.15, -0.1) is 5.10 Å². The van der Waals surface area contributed by atoms with Crippen LogP contribution in [-0.2, 0) is 35.7 Å². The van der Waals surface area contributed by atoms with Gasteiger partial charge < -0.3 is 24.1 Å². The van der Waals surface area contributed by atoms with Gasteiger partial charge in [-0.3, -0.25) is 4.68 Å². The predicted molar refractivity (Wildman–Crippen MR) is 201 cm³/mol. The molecule has 1 aliphatic carbocycles. The summed E-state index contributed by atoms with van der Waals surface area (Å²) in [6.07, 6.45) is -0.928. The Labute approximate surface area is 303 Å². The second-order valence-electron chi connectivity index (χ2n) is 14.0. The lowest BCUT2D eigenvalue weighted by Gasteiger charge is -2.47. The Bertz CT molecular complexity index is 1780. The van der Waals surface area contributed by atoms with Gasteiger partial charge in [0.1, 0.15) is 18.5 Å². The second kappa shape index (κ2) is 17.2. The first-order valence-electron chi connectivity index (χ1n) is 18.3. The molecule has 1 aliphatic rings. The first kappa shape index (κ1) is 36.4. The third-order valence-electron chi connectivity index (χ3n) is 10.2. The molecule has 1 aromatic heterocycles. The minimum absolute atomic E-state index is 0.0337. The van der Waals surface area contributed by atoms with E-state index in [0.29, 0.717) is 32.1 Å². The van der Waals surface area contributed by atoms with E-state index in [1.165, 1.54) is 0 Å².